The molecule has 1 fully saturated rings. The Kier molecular flexibility index (Phi) is 3.65. The van der Waals surface area contributed by atoms with E-state index in [0.717, 1.165) is 0 Å². The first-order valence-corrected chi connectivity index (χ1v) is 5.17. The molecule has 0 aromatic carbocycles. The van der Waals surface area contributed by atoms with Crippen LogP contribution >= 0.6 is 0 Å². The molecule has 3 nitrogen and oxygen atoms in total. The van der Waals surface area contributed by atoms with Gasteiger partial charge in [0.2, 0.25) is 5.91 Å². The number of nitrogens with one attached hydrogen (secondary N) is 1. The Bertz CT molecular complexity index is 244. The molecule has 0 aliphatic carbocycles. The van der Waals surface area contributed by atoms with Gasteiger partial charge in [0.15, 0.2) is 0 Å². The van der Waals surface area contributed by atoms with Crippen molar-refractivity contribution in [3.63, 3.8) is 0 Å². The van der Waals surface area contributed by atoms with Crippen LogP contribution in [0.25, 0.3) is 0 Å². The van der Waals surface area contributed by atoms with Crippen LogP contribution in [0.15, 0.2) is 0 Å². The highest BCUT2D eigenvalue weighted by molar-refractivity contribution is 5.76. The summed E-state index contributed by atoms with van der Waals surface area (Å²) >= 11 is 0. The molecule has 5 heteroatoms. The lowest BCUT2D eigenvalue weighted by molar-refractivity contribution is -0.125. The van der Waals surface area contributed by atoms with E-state index < -0.39 is 11.8 Å². The first-order chi connectivity index (χ1) is 6.81. The largest absolute Gasteiger partial charge is 0.354 e. The minimum absolute atomic E-state index is 0.00487. The monoisotopic (exact) mass is 220 g/mol. The molecule has 1 aliphatic rings. The fourth-order valence-electron chi connectivity index (χ4n) is 1.88. The van der Waals surface area contributed by atoms with E-state index in [0.29, 0.717) is 6.54 Å². The van der Waals surface area contributed by atoms with Gasteiger partial charge in [-0.25, -0.2) is 8.78 Å². The summed E-state index contributed by atoms with van der Waals surface area (Å²) in [6, 6.07) is 0.00487. The molecule has 0 saturated carbocycles. The van der Waals surface area contributed by atoms with Gasteiger partial charge >= 0.3 is 0 Å². The van der Waals surface area contributed by atoms with Crippen LogP contribution in [0.2, 0.25) is 0 Å². The number of carbonyl (C=O) groups excluding carboxylic acids is 1. The first kappa shape index (κ1) is 12.4. The minimum atomic E-state index is -2.73. The molecule has 1 unspecified atom stereocenters. The molecule has 0 aromatic rings. The van der Waals surface area contributed by atoms with Crippen LogP contribution in [0, 0.1) is 5.92 Å². The summed E-state index contributed by atoms with van der Waals surface area (Å²) in [4.78, 5) is 12.9. The molecule has 0 bridgehead atoms. The third-order valence-electron chi connectivity index (χ3n) is 2.49. The molecule has 1 rings (SSSR count). The van der Waals surface area contributed by atoms with Gasteiger partial charge in [0.25, 0.3) is 5.92 Å². The van der Waals surface area contributed by atoms with Crippen LogP contribution in [-0.4, -0.2) is 42.9 Å². The summed E-state index contributed by atoms with van der Waals surface area (Å²) in [5.41, 5.74) is 0. The SMILES string of the molecule is CC(C)NC(=O)CC1CN(C)CC1(F)F. The second-order valence-electron chi connectivity index (χ2n) is 4.58. The molecular weight excluding hydrogens is 202 g/mol. The molecule has 88 valence electrons. The lowest BCUT2D eigenvalue weighted by atomic mass is 10.0. The number of carbonyl (C=O) groups is 1. The van der Waals surface area contributed by atoms with Crippen molar-refractivity contribution in [2.75, 3.05) is 20.1 Å². The van der Waals surface area contributed by atoms with Gasteiger partial charge in [-0.3, -0.25) is 4.79 Å². The third kappa shape index (κ3) is 3.41. The standard InChI is InChI=1S/C10H18F2N2O/c1-7(2)13-9(15)4-8-5-14(3)6-10(8,11)12/h7-8H,4-6H2,1-3H3,(H,13,15). The molecule has 1 amide bonds. The summed E-state index contributed by atoms with van der Waals surface area (Å²) in [5.74, 6) is -3.87. The Morgan fingerprint density at radius 3 is 2.60 bits per heavy atom. The summed E-state index contributed by atoms with van der Waals surface area (Å²) in [6.45, 7) is 3.68. The second-order valence-corrected chi connectivity index (χ2v) is 4.58. The molecular formula is C10H18F2N2O. The van der Waals surface area contributed by atoms with Crippen LogP contribution in [0.4, 0.5) is 8.78 Å². The maximum absolute atomic E-state index is 13.3. The number of nitrogens with zero attached hydrogens (tertiary/aromatic N) is 1. The van der Waals surface area contributed by atoms with Crippen molar-refractivity contribution in [2.24, 2.45) is 5.92 Å². The lowest BCUT2D eigenvalue weighted by Gasteiger charge is -2.17. The van der Waals surface area contributed by atoms with Crippen molar-refractivity contribution in [3.05, 3.63) is 0 Å². The first-order valence-electron chi connectivity index (χ1n) is 5.17. The van der Waals surface area contributed by atoms with Gasteiger partial charge in [-0.15, -0.1) is 0 Å². The van der Waals surface area contributed by atoms with Gasteiger partial charge in [-0.05, 0) is 20.9 Å². The van der Waals surface area contributed by atoms with Gasteiger partial charge in [0, 0.05) is 24.9 Å². The number of alkyl halides is 2. The van der Waals surface area contributed by atoms with Crippen molar-refractivity contribution < 1.29 is 13.6 Å². The molecule has 1 N–H and O–H groups in total. The van der Waals surface area contributed by atoms with E-state index in [-0.39, 0.29) is 24.9 Å². The fraction of sp³-hybridized carbons (Fsp3) is 0.900. The number of likely N-dealkylation sites (tertiary alicyclic amines) is 1. The molecule has 15 heavy (non-hydrogen) atoms. The van der Waals surface area contributed by atoms with Crippen LogP contribution in [0.3, 0.4) is 0 Å². The molecule has 0 spiro atoms. The maximum atomic E-state index is 13.3. The number of rotatable bonds is 3. The van der Waals surface area contributed by atoms with Crippen LogP contribution in [0.5, 0.6) is 0 Å². The van der Waals surface area contributed by atoms with E-state index in [4.69, 9.17) is 0 Å². The number of hydrogen-bond acceptors (Lipinski definition) is 2. The topological polar surface area (TPSA) is 32.3 Å². The van der Waals surface area contributed by atoms with Gasteiger partial charge in [-0.1, -0.05) is 0 Å². The summed E-state index contributed by atoms with van der Waals surface area (Å²) in [7, 11) is 1.65. The number of hydrogen-bond donors (Lipinski definition) is 1. The van der Waals surface area contributed by atoms with Crippen LogP contribution < -0.4 is 5.32 Å². The minimum Gasteiger partial charge on any atom is -0.354 e. The highest BCUT2D eigenvalue weighted by Gasteiger charge is 2.47. The molecule has 1 aliphatic heterocycles. The van der Waals surface area contributed by atoms with E-state index in [1.54, 1.807) is 11.9 Å². The maximum Gasteiger partial charge on any atom is 0.265 e. The predicted octanol–water partition coefficient (Wildman–Crippen LogP) is 1.10. The smallest absolute Gasteiger partial charge is 0.265 e. The average Bonchev–Trinajstić information content (AvgIpc) is 2.22. The second kappa shape index (κ2) is 4.43. The molecule has 0 radical (unpaired) electrons. The molecule has 1 atom stereocenters. The number of amides is 1. The molecule has 1 saturated heterocycles. The molecule has 1 heterocycles. The Morgan fingerprint density at radius 2 is 2.20 bits per heavy atom. The highest BCUT2D eigenvalue weighted by Crippen LogP contribution is 2.34. The van der Waals surface area contributed by atoms with Gasteiger partial charge in [-0.2, -0.15) is 0 Å². The van der Waals surface area contributed by atoms with Crippen molar-refractivity contribution in [1.29, 1.82) is 0 Å². The quantitative estimate of drug-likeness (QED) is 0.772. The van der Waals surface area contributed by atoms with Crippen LogP contribution in [-0.2, 0) is 4.79 Å². The fourth-order valence-corrected chi connectivity index (χ4v) is 1.88. The summed E-state index contributed by atoms with van der Waals surface area (Å²) < 4.78 is 26.7. The van der Waals surface area contributed by atoms with Crippen molar-refractivity contribution >= 4 is 5.91 Å². The zero-order valence-corrected chi connectivity index (χ0v) is 9.39. The zero-order chi connectivity index (χ0) is 11.6. The van der Waals surface area contributed by atoms with Gasteiger partial charge in [0.05, 0.1) is 6.54 Å². The van der Waals surface area contributed by atoms with Crippen molar-refractivity contribution in [3.8, 4) is 0 Å². The Hall–Kier alpha value is -0.710. The summed E-state index contributed by atoms with van der Waals surface area (Å²) in [6.07, 6.45) is -0.0878. The highest BCUT2D eigenvalue weighted by atomic mass is 19.3. The normalized spacial score (nSPS) is 25.9. The number of halogens is 2. The predicted molar refractivity (Wildman–Crippen MR) is 53.8 cm³/mol. The summed E-state index contributed by atoms with van der Waals surface area (Å²) in [5, 5.41) is 2.63. The van der Waals surface area contributed by atoms with E-state index in [2.05, 4.69) is 5.32 Å². The van der Waals surface area contributed by atoms with E-state index in [9.17, 15) is 13.6 Å². The van der Waals surface area contributed by atoms with E-state index in [1.165, 1.54) is 0 Å². The Morgan fingerprint density at radius 1 is 1.60 bits per heavy atom. The van der Waals surface area contributed by atoms with E-state index in [1.807, 2.05) is 13.8 Å². The Labute approximate surface area is 88.8 Å². The van der Waals surface area contributed by atoms with Gasteiger partial charge in [0.1, 0.15) is 0 Å². The van der Waals surface area contributed by atoms with Crippen molar-refractivity contribution in [2.45, 2.75) is 32.2 Å². The average molecular weight is 220 g/mol. The molecule has 0 aromatic heterocycles. The third-order valence-corrected chi connectivity index (χ3v) is 2.49. The Balaban J connectivity index is 2.48. The van der Waals surface area contributed by atoms with E-state index >= 15 is 0 Å². The lowest BCUT2D eigenvalue weighted by Crippen LogP contribution is -2.36. The van der Waals surface area contributed by atoms with Crippen LogP contribution in [0.1, 0.15) is 20.3 Å². The van der Waals surface area contributed by atoms with Crippen molar-refractivity contribution in [1.82, 2.24) is 10.2 Å². The van der Waals surface area contributed by atoms with Gasteiger partial charge < -0.3 is 10.2 Å². The zero-order valence-electron chi connectivity index (χ0n) is 9.39.